The van der Waals surface area contributed by atoms with Crippen LogP contribution in [0.5, 0.6) is 0 Å². The minimum atomic E-state index is -0.617. The van der Waals surface area contributed by atoms with Crippen LogP contribution in [0.25, 0.3) is 0 Å². The van der Waals surface area contributed by atoms with E-state index in [1.165, 1.54) is 12.1 Å². The molecule has 1 heterocycles. The lowest BCUT2D eigenvalue weighted by Crippen LogP contribution is -2.40. The standard InChI is InChI=1S/C13H16FN3O2/c1-7(2)16-11(18)6-15-12-9-4-3-8(14)5-10(9)17-13(12)19/h3-5,7,12,15H,6H2,1-2H3,(H,16,18)(H,17,19). The first kappa shape index (κ1) is 13.5. The molecule has 3 N–H and O–H groups in total. The highest BCUT2D eigenvalue weighted by Crippen LogP contribution is 2.30. The molecule has 1 aliphatic rings. The maximum absolute atomic E-state index is 13.0. The second kappa shape index (κ2) is 5.36. The lowest BCUT2D eigenvalue weighted by Gasteiger charge is -2.13. The number of anilines is 1. The number of hydrogen-bond acceptors (Lipinski definition) is 3. The van der Waals surface area contributed by atoms with E-state index in [0.29, 0.717) is 11.3 Å². The molecule has 0 spiro atoms. The van der Waals surface area contributed by atoms with Crippen LogP contribution in [0.15, 0.2) is 18.2 Å². The third kappa shape index (κ3) is 3.08. The van der Waals surface area contributed by atoms with Gasteiger partial charge in [0.05, 0.1) is 6.54 Å². The molecule has 0 radical (unpaired) electrons. The molecule has 2 amide bonds. The molecule has 0 bridgehead atoms. The van der Waals surface area contributed by atoms with E-state index in [0.717, 1.165) is 0 Å². The average Bonchev–Trinajstić information content (AvgIpc) is 2.60. The van der Waals surface area contributed by atoms with E-state index in [-0.39, 0.29) is 24.4 Å². The van der Waals surface area contributed by atoms with Crippen molar-refractivity contribution in [2.45, 2.75) is 25.9 Å². The predicted molar refractivity (Wildman–Crippen MR) is 69.1 cm³/mol. The Balaban J connectivity index is 2.02. The van der Waals surface area contributed by atoms with Crippen LogP contribution >= 0.6 is 0 Å². The summed E-state index contributed by atoms with van der Waals surface area (Å²) in [5, 5.41) is 8.17. The molecular weight excluding hydrogens is 249 g/mol. The largest absolute Gasteiger partial charge is 0.353 e. The van der Waals surface area contributed by atoms with Gasteiger partial charge in [-0.1, -0.05) is 6.07 Å². The summed E-state index contributed by atoms with van der Waals surface area (Å²) in [6.07, 6.45) is 0. The first-order valence-electron chi connectivity index (χ1n) is 6.10. The molecule has 19 heavy (non-hydrogen) atoms. The highest BCUT2D eigenvalue weighted by atomic mass is 19.1. The Kier molecular flexibility index (Phi) is 3.80. The molecular formula is C13H16FN3O2. The van der Waals surface area contributed by atoms with Crippen LogP contribution in [0.2, 0.25) is 0 Å². The van der Waals surface area contributed by atoms with Gasteiger partial charge in [0.25, 0.3) is 0 Å². The molecule has 1 aromatic rings. The monoisotopic (exact) mass is 265 g/mol. The van der Waals surface area contributed by atoms with E-state index < -0.39 is 11.9 Å². The zero-order valence-electron chi connectivity index (χ0n) is 10.8. The van der Waals surface area contributed by atoms with Crippen LogP contribution in [0.3, 0.4) is 0 Å². The fourth-order valence-electron chi connectivity index (χ4n) is 2.01. The van der Waals surface area contributed by atoms with Gasteiger partial charge in [0.1, 0.15) is 11.9 Å². The van der Waals surface area contributed by atoms with Crippen molar-refractivity contribution < 1.29 is 14.0 Å². The SMILES string of the molecule is CC(C)NC(=O)CNC1C(=O)Nc2cc(F)ccc21. The van der Waals surface area contributed by atoms with Crippen molar-refractivity contribution in [3.8, 4) is 0 Å². The van der Waals surface area contributed by atoms with Gasteiger partial charge in [-0.3, -0.25) is 14.9 Å². The number of amides is 2. The summed E-state index contributed by atoms with van der Waals surface area (Å²) in [5.74, 6) is -0.867. The fraction of sp³-hybridized carbons (Fsp3) is 0.385. The van der Waals surface area contributed by atoms with Crippen molar-refractivity contribution in [1.82, 2.24) is 10.6 Å². The minimum absolute atomic E-state index is 0.0348. The van der Waals surface area contributed by atoms with Crippen molar-refractivity contribution in [1.29, 1.82) is 0 Å². The normalized spacial score (nSPS) is 17.3. The molecule has 102 valence electrons. The van der Waals surface area contributed by atoms with Gasteiger partial charge in [-0.15, -0.1) is 0 Å². The van der Waals surface area contributed by atoms with E-state index in [4.69, 9.17) is 0 Å². The van der Waals surface area contributed by atoms with Crippen LogP contribution in [0.1, 0.15) is 25.5 Å². The van der Waals surface area contributed by atoms with Crippen LogP contribution < -0.4 is 16.0 Å². The average molecular weight is 265 g/mol. The van der Waals surface area contributed by atoms with Crippen LogP contribution in [-0.2, 0) is 9.59 Å². The van der Waals surface area contributed by atoms with Gasteiger partial charge < -0.3 is 10.6 Å². The number of hydrogen-bond donors (Lipinski definition) is 3. The number of benzene rings is 1. The molecule has 0 fully saturated rings. The zero-order chi connectivity index (χ0) is 14.0. The number of nitrogens with one attached hydrogen (secondary N) is 3. The fourth-order valence-corrected chi connectivity index (χ4v) is 2.01. The summed E-state index contributed by atoms with van der Waals surface area (Å²) in [6.45, 7) is 3.75. The van der Waals surface area contributed by atoms with E-state index in [9.17, 15) is 14.0 Å². The molecule has 1 atom stereocenters. The quantitative estimate of drug-likeness (QED) is 0.758. The van der Waals surface area contributed by atoms with E-state index >= 15 is 0 Å². The Morgan fingerprint density at radius 2 is 2.21 bits per heavy atom. The highest BCUT2D eigenvalue weighted by Gasteiger charge is 2.30. The minimum Gasteiger partial charge on any atom is -0.353 e. The second-order valence-corrected chi connectivity index (χ2v) is 4.76. The molecule has 2 rings (SSSR count). The Hall–Kier alpha value is -1.95. The van der Waals surface area contributed by atoms with Gasteiger partial charge in [0.2, 0.25) is 11.8 Å². The summed E-state index contributed by atoms with van der Waals surface area (Å²) in [7, 11) is 0. The zero-order valence-corrected chi connectivity index (χ0v) is 10.8. The molecule has 6 heteroatoms. The highest BCUT2D eigenvalue weighted by molar-refractivity contribution is 6.02. The lowest BCUT2D eigenvalue weighted by atomic mass is 10.1. The molecule has 5 nitrogen and oxygen atoms in total. The number of rotatable bonds is 4. The summed E-state index contributed by atoms with van der Waals surface area (Å²) in [6, 6.07) is 3.53. The Morgan fingerprint density at radius 1 is 1.47 bits per heavy atom. The topological polar surface area (TPSA) is 70.2 Å². The number of halogens is 1. The summed E-state index contributed by atoms with van der Waals surface area (Å²) < 4.78 is 13.0. The van der Waals surface area contributed by atoms with Gasteiger partial charge in [-0.2, -0.15) is 0 Å². The lowest BCUT2D eigenvalue weighted by molar-refractivity contribution is -0.121. The summed E-state index contributed by atoms with van der Waals surface area (Å²) in [5.41, 5.74) is 1.11. The van der Waals surface area contributed by atoms with E-state index in [1.807, 2.05) is 13.8 Å². The third-order valence-corrected chi connectivity index (χ3v) is 2.76. The number of carbonyl (C=O) groups excluding carboxylic acids is 2. The van der Waals surface area contributed by atoms with E-state index in [1.54, 1.807) is 6.07 Å². The molecule has 1 unspecified atom stereocenters. The first-order valence-corrected chi connectivity index (χ1v) is 6.10. The van der Waals surface area contributed by atoms with Crippen LogP contribution in [0.4, 0.5) is 10.1 Å². The molecule has 0 aromatic heterocycles. The Bertz CT molecular complexity index is 517. The smallest absolute Gasteiger partial charge is 0.246 e. The molecule has 1 aromatic carbocycles. The first-order chi connectivity index (χ1) is 8.97. The molecule has 1 aliphatic heterocycles. The predicted octanol–water partition coefficient (Wildman–Crippen LogP) is 0.933. The van der Waals surface area contributed by atoms with Gasteiger partial charge >= 0.3 is 0 Å². The number of carbonyl (C=O) groups is 2. The summed E-state index contributed by atoms with van der Waals surface area (Å²) in [4.78, 5) is 23.3. The maximum Gasteiger partial charge on any atom is 0.246 e. The van der Waals surface area contributed by atoms with Gasteiger partial charge in [0.15, 0.2) is 0 Å². The van der Waals surface area contributed by atoms with Crippen molar-refractivity contribution >= 4 is 17.5 Å². The third-order valence-electron chi connectivity index (χ3n) is 2.76. The second-order valence-electron chi connectivity index (χ2n) is 4.76. The Morgan fingerprint density at radius 3 is 2.89 bits per heavy atom. The van der Waals surface area contributed by atoms with Crippen LogP contribution in [-0.4, -0.2) is 24.4 Å². The van der Waals surface area contributed by atoms with Crippen LogP contribution in [0, 0.1) is 5.82 Å². The van der Waals surface area contributed by atoms with E-state index in [2.05, 4.69) is 16.0 Å². The Labute approximate surface area is 110 Å². The molecule has 0 aliphatic carbocycles. The number of fused-ring (bicyclic) bond motifs is 1. The van der Waals surface area contributed by atoms with Crippen molar-refractivity contribution in [3.63, 3.8) is 0 Å². The molecule has 0 saturated heterocycles. The van der Waals surface area contributed by atoms with Crippen molar-refractivity contribution in [2.24, 2.45) is 0 Å². The van der Waals surface area contributed by atoms with Gasteiger partial charge in [0, 0.05) is 17.3 Å². The van der Waals surface area contributed by atoms with Crippen molar-refractivity contribution in [2.75, 3.05) is 11.9 Å². The van der Waals surface area contributed by atoms with Crippen molar-refractivity contribution in [3.05, 3.63) is 29.6 Å². The summed E-state index contributed by atoms with van der Waals surface area (Å²) >= 11 is 0. The van der Waals surface area contributed by atoms with Gasteiger partial charge in [-0.05, 0) is 26.0 Å². The molecule has 0 saturated carbocycles. The van der Waals surface area contributed by atoms with Gasteiger partial charge in [-0.25, -0.2) is 4.39 Å². The maximum atomic E-state index is 13.0.